The third-order valence-electron chi connectivity index (χ3n) is 3.78. The number of amides is 2. The Morgan fingerprint density at radius 2 is 1.69 bits per heavy atom. The summed E-state index contributed by atoms with van der Waals surface area (Å²) in [5.74, 6) is 0.679. The van der Waals surface area contributed by atoms with E-state index in [1.54, 1.807) is 38.5 Å². The Bertz CT molecular complexity index is 992. The van der Waals surface area contributed by atoms with Gasteiger partial charge >= 0.3 is 29.6 Å². The van der Waals surface area contributed by atoms with Crippen LogP contribution in [0.2, 0.25) is 0 Å². The van der Waals surface area contributed by atoms with Gasteiger partial charge in [0.05, 0.1) is 30.9 Å². The number of hydrogen-bond donors (Lipinski definition) is 3. The topological polar surface area (TPSA) is 160 Å². The molecule has 0 heterocycles. The first-order valence-corrected chi connectivity index (χ1v) is 10.9. The van der Waals surface area contributed by atoms with Crippen molar-refractivity contribution in [3.63, 3.8) is 0 Å². The Balaban J connectivity index is 0.00000144. The summed E-state index contributed by atoms with van der Waals surface area (Å²) in [5, 5.41) is 5.81. The Morgan fingerprint density at radius 3 is 2.25 bits per heavy atom. The standard InChI is InChI=1S/C19H23N3O4.CH4O3S.Na/c1-25-16-7-6-13(10-17(16)26-2)8-9-21-18(23)12-22-15-5-3-4-14(11-15)19(20)24;1-5(2,3)4;/h3-7,10-11,22H,8-9,12H2,1-2H3,(H2,20,24)(H,21,23);1H3,(H,2,3,4);/q;;+1/p-1. The fraction of sp³-hybridized carbons (Fsp3) is 0.300. The monoisotopic (exact) mass is 475 g/mol. The fourth-order valence-corrected chi connectivity index (χ4v) is 2.41. The summed E-state index contributed by atoms with van der Waals surface area (Å²) >= 11 is 0. The molecule has 4 N–H and O–H groups in total. The van der Waals surface area contributed by atoms with E-state index in [-0.39, 0.29) is 42.0 Å². The molecule has 0 radical (unpaired) electrons. The van der Waals surface area contributed by atoms with Crippen molar-refractivity contribution < 1.29 is 61.6 Å². The van der Waals surface area contributed by atoms with E-state index in [2.05, 4.69) is 10.6 Å². The Kier molecular flexibility index (Phi) is 13.6. The van der Waals surface area contributed by atoms with E-state index in [1.807, 2.05) is 18.2 Å². The Labute approximate surface area is 209 Å². The molecule has 32 heavy (non-hydrogen) atoms. The number of nitrogens with one attached hydrogen (secondary N) is 2. The van der Waals surface area contributed by atoms with Gasteiger partial charge in [-0.25, -0.2) is 8.42 Å². The molecule has 0 saturated heterocycles. The third kappa shape index (κ3) is 12.5. The van der Waals surface area contributed by atoms with Crippen molar-refractivity contribution in [3.05, 3.63) is 53.6 Å². The van der Waals surface area contributed by atoms with Crippen LogP contribution >= 0.6 is 0 Å². The van der Waals surface area contributed by atoms with Crippen molar-refractivity contribution in [1.29, 1.82) is 0 Å². The van der Waals surface area contributed by atoms with Crippen LogP contribution in [0.4, 0.5) is 5.69 Å². The van der Waals surface area contributed by atoms with E-state index in [0.717, 1.165) is 5.56 Å². The van der Waals surface area contributed by atoms with Gasteiger partial charge < -0.3 is 30.4 Å². The second kappa shape index (κ2) is 14.7. The van der Waals surface area contributed by atoms with Gasteiger partial charge in [-0.15, -0.1) is 0 Å². The molecular formula is C20H26N3NaO7S. The zero-order chi connectivity index (χ0) is 23.4. The van der Waals surface area contributed by atoms with Crippen LogP contribution in [0.3, 0.4) is 0 Å². The smallest absolute Gasteiger partial charge is 0.748 e. The predicted octanol–water partition coefficient (Wildman–Crippen LogP) is -2.26. The molecule has 0 aromatic heterocycles. The molecule has 10 nitrogen and oxygen atoms in total. The number of rotatable bonds is 9. The summed E-state index contributed by atoms with van der Waals surface area (Å²) in [6.07, 6.45) is 1.27. The van der Waals surface area contributed by atoms with Crippen molar-refractivity contribution in [1.82, 2.24) is 5.32 Å². The summed E-state index contributed by atoms with van der Waals surface area (Å²) in [4.78, 5) is 23.1. The van der Waals surface area contributed by atoms with Gasteiger partial charge in [-0.3, -0.25) is 9.59 Å². The zero-order valence-electron chi connectivity index (χ0n) is 18.5. The van der Waals surface area contributed by atoms with Gasteiger partial charge in [-0.1, -0.05) is 12.1 Å². The number of ether oxygens (including phenoxy) is 2. The van der Waals surface area contributed by atoms with Gasteiger partial charge in [0.1, 0.15) is 0 Å². The summed E-state index contributed by atoms with van der Waals surface area (Å²) in [6, 6.07) is 12.4. The zero-order valence-corrected chi connectivity index (χ0v) is 21.3. The minimum atomic E-state index is -3.92. The minimum absolute atomic E-state index is 0. The molecule has 12 heteroatoms. The molecule has 0 aliphatic carbocycles. The van der Waals surface area contributed by atoms with Gasteiger partial charge in [0.25, 0.3) is 0 Å². The van der Waals surface area contributed by atoms with Crippen LogP contribution in [-0.4, -0.2) is 58.3 Å². The van der Waals surface area contributed by atoms with Crippen LogP contribution < -0.4 is 55.4 Å². The molecule has 2 amide bonds. The molecule has 2 aromatic rings. The fourth-order valence-electron chi connectivity index (χ4n) is 2.41. The van der Waals surface area contributed by atoms with Crippen molar-refractivity contribution in [3.8, 4) is 11.5 Å². The van der Waals surface area contributed by atoms with E-state index >= 15 is 0 Å². The maximum atomic E-state index is 11.9. The Morgan fingerprint density at radius 1 is 1.06 bits per heavy atom. The van der Waals surface area contributed by atoms with Gasteiger partial charge in [-0.05, 0) is 42.3 Å². The molecule has 0 unspecified atom stereocenters. The minimum Gasteiger partial charge on any atom is -0.748 e. The van der Waals surface area contributed by atoms with Crippen molar-refractivity contribution >= 4 is 27.6 Å². The summed E-state index contributed by atoms with van der Waals surface area (Å²) in [5.41, 5.74) is 7.32. The maximum absolute atomic E-state index is 11.9. The van der Waals surface area contributed by atoms with Crippen LogP contribution in [0, 0.1) is 0 Å². The first-order chi connectivity index (χ1) is 14.5. The predicted molar refractivity (Wildman–Crippen MR) is 115 cm³/mol. The molecule has 0 aliphatic heterocycles. The molecule has 2 aromatic carbocycles. The number of primary amides is 1. The normalized spacial score (nSPS) is 10.0. The maximum Gasteiger partial charge on any atom is 1.00 e. The summed E-state index contributed by atoms with van der Waals surface area (Å²) in [6.45, 7) is 0.603. The Hall–Kier alpha value is -2.31. The van der Waals surface area contributed by atoms with E-state index in [0.29, 0.717) is 42.0 Å². The largest absolute Gasteiger partial charge is 1.00 e. The number of anilines is 1. The average Bonchev–Trinajstić information content (AvgIpc) is 2.71. The van der Waals surface area contributed by atoms with Crippen LogP contribution in [0.25, 0.3) is 0 Å². The molecule has 0 bridgehead atoms. The molecular weight excluding hydrogens is 449 g/mol. The van der Waals surface area contributed by atoms with Crippen LogP contribution in [-0.2, 0) is 21.3 Å². The SMILES string of the molecule is COc1ccc(CCNC(=O)CNc2cccc(C(N)=O)c2)cc1OC.CS(=O)(=O)[O-].[Na+]. The van der Waals surface area contributed by atoms with Gasteiger partial charge in [0, 0.05) is 24.1 Å². The number of benzene rings is 2. The van der Waals surface area contributed by atoms with E-state index in [9.17, 15) is 9.59 Å². The number of nitrogens with two attached hydrogens (primary N) is 1. The van der Waals surface area contributed by atoms with E-state index < -0.39 is 16.0 Å². The van der Waals surface area contributed by atoms with Crippen LogP contribution in [0.15, 0.2) is 42.5 Å². The van der Waals surface area contributed by atoms with Crippen molar-refractivity contribution in [2.24, 2.45) is 5.73 Å². The summed E-state index contributed by atoms with van der Waals surface area (Å²) < 4.78 is 37.7. The van der Waals surface area contributed by atoms with Crippen molar-refractivity contribution in [2.45, 2.75) is 6.42 Å². The van der Waals surface area contributed by atoms with E-state index in [1.165, 1.54) is 0 Å². The first kappa shape index (κ1) is 29.7. The molecule has 0 aliphatic rings. The summed E-state index contributed by atoms with van der Waals surface area (Å²) in [7, 11) is -0.744. The molecule has 0 spiro atoms. The van der Waals surface area contributed by atoms with Crippen molar-refractivity contribution in [2.75, 3.05) is 38.9 Å². The molecule has 0 fully saturated rings. The average molecular weight is 475 g/mol. The quantitative estimate of drug-likeness (QED) is 0.271. The second-order valence-corrected chi connectivity index (χ2v) is 7.70. The molecule has 0 saturated carbocycles. The van der Waals surface area contributed by atoms with Gasteiger partial charge in [-0.2, -0.15) is 0 Å². The van der Waals surface area contributed by atoms with Gasteiger partial charge in [0.2, 0.25) is 11.8 Å². The molecule has 170 valence electrons. The number of carbonyl (C=O) groups is 2. The number of hydrogen-bond acceptors (Lipinski definition) is 8. The van der Waals surface area contributed by atoms with Crippen LogP contribution in [0.1, 0.15) is 15.9 Å². The molecule has 2 rings (SSSR count). The van der Waals surface area contributed by atoms with Gasteiger partial charge in [0.15, 0.2) is 11.5 Å². The van der Waals surface area contributed by atoms with E-state index in [4.69, 9.17) is 28.2 Å². The number of carbonyl (C=O) groups excluding carboxylic acids is 2. The second-order valence-electron chi connectivity index (χ2n) is 6.29. The molecule has 0 atom stereocenters. The van der Waals surface area contributed by atoms with Crippen LogP contribution in [0.5, 0.6) is 11.5 Å². The third-order valence-corrected chi connectivity index (χ3v) is 3.78. The first-order valence-electron chi connectivity index (χ1n) is 9.05. The number of methoxy groups -OCH3 is 2.